The third kappa shape index (κ3) is 1.90. The van der Waals surface area contributed by atoms with Crippen molar-refractivity contribution in [2.75, 3.05) is 0 Å². The summed E-state index contributed by atoms with van der Waals surface area (Å²) in [6.07, 6.45) is -3.72. The molecule has 0 aliphatic rings. The standard InChI is InChI=1S/C6H4BrF3N2O/c1-12-4(6(8,9)10)3(7)2-11-5(12)13/h2H,1H3. The molecule has 13 heavy (non-hydrogen) atoms. The molecule has 1 aromatic heterocycles. The Kier molecular flexibility index (Phi) is 2.47. The summed E-state index contributed by atoms with van der Waals surface area (Å²) >= 11 is 2.67. The average molecular weight is 257 g/mol. The second kappa shape index (κ2) is 3.13. The van der Waals surface area contributed by atoms with Crippen LogP contribution < -0.4 is 5.69 Å². The molecular formula is C6H4BrF3N2O. The first-order chi connectivity index (χ1) is 5.84. The minimum atomic E-state index is -4.56. The van der Waals surface area contributed by atoms with Crippen LogP contribution >= 0.6 is 15.9 Å². The van der Waals surface area contributed by atoms with Crippen LogP contribution in [0.4, 0.5) is 13.2 Å². The highest BCUT2D eigenvalue weighted by Crippen LogP contribution is 2.32. The van der Waals surface area contributed by atoms with Gasteiger partial charge in [0.15, 0.2) is 0 Å². The predicted octanol–water partition coefficient (Wildman–Crippen LogP) is 1.56. The van der Waals surface area contributed by atoms with Gasteiger partial charge in [-0.15, -0.1) is 0 Å². The number of aromatic nitrogens is 2. The number of rotatable bonds is 0. The largest absolute Gasteiger partial charge is 0.432 e. The molecule has 0 aliphatic carbocycles. The van der Waals surface area contributed by atoms with Crippen molar-refractivity contribution in [3.05, 3.63) is 26.8 Å². The smallest absolute Gasteiger partial charge is 0.290 e. The topological polar surface area (TPSA) is 34.9 Å². The van der Waals surface area contributed by atoms with E-state index in [0.29, 0.717) is 4.57 Å². The van der Waals surface area contributed by atoms with E-state index < -0.39 is 17.6 Å². The summed E-state index contributed by atoms with van der Waals surface area (Å²) in [5.74, 6) is 0. The number of alkyl halides is 3. The van der Waals surface area contributed by atoms with Crippen LogP contribution in [-0.2, 0) is 13.2 Å². The fourth-order valence-corrected chi connectivity index (χ4v) is 1.43. The van der Waals surface area contributed by atoms with Gasteiger partial charge >= 0.3 is 11.9 Å². The Hall–Kier alpha value is -0.850. The van der Waals surface area contributed by atoms with Crippen molar-refractivity contribution in [1.82, 2.24) is 9.55 Å². The molecule has 0 radical (unpaired) electrons. The van der Waals surface area contributed by atoms with E-state index in [1.54, 1.807) is 0 Å². The van der Waals surface area contributed by atoms with Crippen LogP contribution in [0.5, 0.6) is 0 Å². The number of nitrogens with zero attached hydrogens (tertiary/aromatic N) is 2. The summed E-state index contributed by atoms with van der Waals surface area (Å²) in [7, 11) is 1.02. The molecule has 0 spiro atoms. The maximum atomic E-state index is 12.3. The summed E-state index contributed by atoms with van der Waals surface area (Å²) in [6.45, 7) is 0. The van der Waals surface area contributed by atoms with Gasteiger partial charge in [0.1, 0.15) is 5.69 Å². The van der Waals surface area contributed by atoms with E-state index in [4.69, 9.17) is 0 Å². The first kappa shape index (κ1) is 10.2. The van der Waals surface area contributed by atoms with Crippen molar-refractivity contribution < 1.29 is 13.2 Å². The van der Waals surface area contributed by atoms with Crippen molar-refractivity contribution in [1.29, 1.82) is 0 Å². The van der Waals surface area contributed by atoms with E-state index in [9.17, 15) is 18.0 Å². The first-order valence-corrected chi connectivity index (χ1v) is 3.92. The highest BCUT2D eigenvalue weighted by atomic mass is 79.9. The van der Waals surface area contributed by atoms with Crippen LogP contribution in [0.15, 0.2) is 15.5 Å². The van der Waals surface area contributed by atoms with Crippen molar-refractivity contribution >= 4 is 15.9 Å². The van der Waals surface area contributed by atoms with Crippen LogP contribution in [0.25, 0.3) is 0 Å². The Labute approximate surface area is 79.3 Å². The van der Waals surface area contributed by atoms with Crippen LogP contribution in [0, 0.1) is 0 Å². The second-order valence-corrected chi connectivity index (χ2v) is 3.15. The van der Waals surface area contributed by atoms with Gasteiger partial charge in [-0.25, -0.2) is 9.78 Å². The predicted molar refractivity (Wildman–Crippen MR) is 42.2 cm³/mol. The van der Waals surface area contributed by atoms with Gasteiger partial charge in [0.25, 0.3) is 0 Å². The Bertz CT molecular complexity index is 384. The second-order valence-electron chi connectivity index (χ2n) is 2.29. The van der Waals surface area contributed by atoms with Gasteiger partial charge in [0.2, 0.25) is 0 Å². The lowest BCUT2D eigenvalue weighted by Gasteiger charge is -2.11. The Morgan fingerprint density at radius 1 is 1.54 bits per heavy atom. The first-order valence-electron chi connectivity index (χ1n) is 3.12. The molecule has 0 N–H and O–H groups in total. The molecule has 0 saturated carbocycles. The van der Waals surface area contributed by atoms with Crippen LogP contribution in [0.1, 0.15) is 5.69 Å². The highest BCUT2D eigenvalue weighted by Gasteiger charge is 2.36. The summed E-state index contributed by atoms with van der Waals surface area (Å²) in [4.78, 5) is 14.0. The number of halogens is 4. The van der Waals surface area contributed by atoms with Crippen molar-refractivity contribution in [3.63, 3.8) is 0 Å². The minimum Gasteiger partial charge on any atom is -0.290 e. The van der Waals surface area contributed by atoms with Crippen molar-refractivity contribution in [2.24, 2.45) is 7.05 Å². The summed E-state index contributed by atoms with van der Waals surface area (Å²) in [5, 5.41) is 0. The number of hydrogen-bond acceptors (Lipinski definition) is 2. The zero-order valence-electron chi connectivity index (χ0n) is 6.39. The molecule has 0 amide bonds. The Morgan fingerprint density at radius 2 is 2.08 bits per heavy atom. The highest BCUT2D eigenvalue weighted by molar-refractivity contribution is 9.10. The molecule has 0 aliphatic heterocycles. The van der Waals surface area contributed by atoms with Gasteiger partial charge in [-0.2, -0.15) is 13.2 Å². The Morgan fingerprint density at radius 3 is 2.46 bits per heavy atom. The molecule has 1 heterocycles. The molecule has 0 saturated heterocycles. The van der Waals surface area contributed by atoms with Gasteiger partial charge in [-0.1, -0.05) is 0 Å². The summed E-state index contributed by atoms with van der Waals surface area (Å²) in [6, 6.07) is 0. The molecule has 0 aromatic carbocycles. The van der Waals surface area contributed by atoms with Crippen molar-refractivity contribution in [2.45, 2.75) is 6.18 Å². The SMILES string of the molecule is Cn1c(C(F)(F)F)c(Br)cnc1=O. The van der Waals surface area contributed by atoms with E-state index in [-0.39, 0.29) is 4.47 Å². The zero-order valence-corrected chi connectivity index (χ0v) is 7.98. The third-order valence-corrected chi connectivity index (χ3v) is 1.99. The normalized spacial score (nSPS) is 11.8. The minimum absolute atomic E-state index is 0.248. The van der Waals surface area contributed by atoms with Crippen LogP contribution in [-0.4, -0.2) is 9.55 Å². The molecule has 72 valence electrons. The van der Waals surface area contributed by atoms with E-state index in [0.717, 1.165) is 13.2 Å². The maximum Gasteiger partial charge on any atom is 0.432 e. The Balaban J connectivity index is 3.52. The monoisotopic (exact) mass is 256 g/mol. The lowest BCUT2D eigenvalue weighted by molar-refractivity contribution is -0.144. The van der Waals surface area contributed by atoms with E-state index in [1.807, 2.05) is 0 Å². The lowest BCUT2D eigenvalue weighted by atomic mass is 10.4. The maximum absolute atomic E-state index is 12.3. The van der Waals surface area contributed by atoms with E-state index in [2.05, 4.69) is 20.9 Å². The third-order valence-electron chi connectivity index (χ3n) is 1.41. The molecule has 3 nitrogen and oxygen atoms in total. The quantitative estimate of drug-likeness (QED) is 0.706. The van der Waals surface area contributed by atoms with Gasteiger partial charge in [-0.3, -0.25) is 4.57 Å². The van der Waals surface area contributed by atoms with Gasteiger partial charge in [0, 0.05) is 13.2 Å². The fraction of sp³-hybridized carbons (Fsp3) is 0.333. The molecule has 1 rings (SSSR count). The summed E-state index contributed by atoms with van der Waals surface area (Å²) < 4.78 is 37.0. The molecule has 0 bridgehead atoms. The summed E-state index contributed by atoms with van der Waals surface area (Å²) in [5.41, 5.74) is -1.97. The molecule has 0 fully saturated rings. The average Bonchev–Trinajstić information content (AvgIpc) is 1.95. The molecule has 7 heteroatoms. The number of hydrogen-bond donors (Lipinski definition) is 0. The van der Waals surface area contributed by atoms with Crippen LogP contribution in [0.2, 0.25) is 0 Å². The van der Waals surface area contributed by atoms with Crippen molar-refractivity contribution in [3.8, 4) is 0 Å². The van der Waals surface area contributed by atoms with Gasteiger partial charge in [0.05, 0.1) is 4.47 Å². The van der Waals surface area contributed by atoms with Crippen LogP contribution in [0.3, 0.4) is 0 Å². The molecule has 1 aromatic rings. The molecule has 0 atom stereocenters. The molecule has 0 unspecified atom stereocenters. The zero-order chi connectivity index (χ0) is 10.2. The van der Waals surface area contributed by atoms with E-state index >= 15 is 0 Å². The molecular weight excluding hydrogens is 253 g/mol. The lowest BCUT2D eigenvalue weighted by Crippen LogP contribution is -2.27. The van der Waals surface area contributed by atoms with Gasteiger partial charge < -0.3 is 0 Å². The van der Waals surface area contributed by atoms with Gasteiger partial charge in [-0.05, 0) is 15.9 Å². The van der Waals surface area contributed by atoms with E-state index in [1.165, 1.54) is 0 Å². The fourth-order valence-electron chi connectivity index (χ4n) is 0.841.